The van der Waals surface area contributed by atoms with E-state index in [1.54, 1.807) is 0 Å². The highest BCUT2D eigenvalue weighted by atomic mass is 79.9. The molecule has 0 saturated carbocycles. The molecule has 2 rings (SSSR count). The van der Waals surface area contributed by atoms with Crippen LogP contribution in [0.25, 0.3) is 0 Å². The van der Waals surface area contributed by atoms with Crippen LogP contribution in [0.5, 0.6) is 0 Å². The third-order valence-corrected chi connectivity index (χ3v) is 5.15. The van der Waals surface area contributed by atoms with E-state index < -0.39 is 0 Å². The van der Waals surface area contributed by atoms with Crippen molar-refractivity contribution < 1.29 is 0 Å². The number of benzene rings is 1. The number of likely N-dealkylation sites (tertiary alicyclic amines) is 1. The minimum Gasteiger partial charge on any atom is -0.371 e. The number of halogens is 1. The van der Waals surface area contributed by atoms with E-state index in [4.69, 9.17) is 5.73 Å². The molecule has 0 spiro atoms. The van der Waals surface area contributed by atoms with E-state index in [0.29, 0.717) is 12.6 Å². The van der Waals surface area contributed by atoms with Crippen LogP contribution in [0.1, 0.15) is 25.3 Å². The summed E-state index contributed by atoms with van der Waals surface area (Å²) in [6, 6.07) is 7.31. The van der Waals surface area contributed by atoms with Gasteiger partial charge < -0.3 is 15.5 Å². The highest BCUT2D eigenvalue weighted by molar-refractivity contribution is 9.10. The Labute approximate surface area is 131 Å². The van der Waals surface area contributed by atoms with Crippen molar-refractivity contribution in [3.63, 3.8) is 0 Å². The molecule has 1 fully saturated rings. The van der Waals surface area contributed by atoms with Crippen LogP contribution in [0.3, 0.4) is 0 Å². The fraction of sp³-hybridized carbons (Fsp3) is 0.625. The number of nitrogens with zero attached hydrogens (tertiary/aromatic N) is 2. The van der Waals surface area contributed by atoms with Crippen LogP contribution in [0.4, 0.5) is 5.69 Å². The highest BCUT2D eigenvalue weighted by Gasteiger charge is 2.22. The van der Waals surface area contributed by atoms with Crippen molar-refractivity contribution in [2.45, 2.75) is 32.2 Å². The van der Waals surface area contributed by atoms with Gasteiger partial charge in [-0.05, 0) is 50.0 Å². The lowest BCUT2D eigenvalue weighted by Gasteiger charge is -2.37. The molecule has 0 aliphatic carbocycles. The summed E-state index contributed by atoms with van der Waals surface area (Å²) < 4.78 is 1.18. The molecule has 1 aromatic rings. The van der Waals surface area contributed by atoms with Crippen LogP contribution >= 0.6 is 15.9 Å². The Bertz CT molecular complexity index is 428. The van der Waals surface area contributed by atoms with E-state index in [2.05, 4.69) is 57.9 Å². The second kappa shape index (κ2) is 7.43. The summed E-state index contributed by atoms with van der Waals surface area (Å²) in [4.78, 5) is 4.97. The van der Waals surface area contributed by atoms with Crippen LogP contribution in [0.15, 0.2) is 22.7 Å². The molecule has 1 aromatic carbocycles. The zero-order valence-corrected chi connectivity index (χ0v) is 14.2. The second-order valence-electron chi connectivity index (χ2n) is 5.59. The van der Waals surface area contributed by atoms with Crippen molar-refractivity contribution in [1.29, 1.82) is 0 Å². The average Bonchev–Trinajstić information content (AvgIpc) is 2.49. The molecule has 0 bridgehead atoms. The summed E-state index contributed by atoms with van der Waals surface area (Å²) in [5.41, 5.74) is 8.23. The minimum absolute atomic E-state index is 0.657. The van der Waals surface area contributed by atoms with Crippen LogP contribution in [-0.4, -0.2) is 44.2 Å². The quantitative estimate of drug-likeness (QED) is 0.895. The first-order valence-electron chi connectivity index (χ1n) is 7.59. The van der Waals surface area contributed by atoms with Gasteiger partial charge in [-0.2, -0.15) is 0 Å². The van der Waals surface area contributed by atoms with E-state index in [9.17, 15) is 0 Å². The third kappa shape index (κ3) is 3.74. The van der Waals surface area contributed by atoms with E-state index >= 15 is 0 Å². The Balaban J connectivity index is 2.02. The largest absolute Gasteiger partial charge is 0.371 e. The molecule has 1 aliphatic rings. The third-order valence-electron chi connectivity index (χ3n) is 4.41. The molecule has 112 valence electrons. The monoisotopic (exact) mass is 339 g/mol. The molecule has 1 heterocycles. The van der Waals surface area contributed by atoms with Crippen molar-refractivity contribution in [2.75, 3.05) is 38.1 Å². The number of anilines is 1. The van der Waals surface area contributed by atoms with Crippen molar-refractivity contribution >= 4 is 21.6 Å². The predicted molar refractivity (Wildman–Crippen MR) is 90.4 cm³/mol. The standard InChI is InChI=1S/C16H26BrN3/c1-3-20-10-7-14(8-11-20)19(2)15-5-4-13(6-9-18)16(17)12-15/h4-5,12,14H,3,6-11,18H2,1-2H3. The van der Waals surface area contributed by atoms with Gasteiger partial charge in [0.15, 0.2) is 0 Å². The van der Waals surface area contributed by atoms with Gasteiger partial charge in [0, 0.05) is 36.3 Å². The van der Waals surface area contributed by atoms with Gasteiger partial charge in [0.05, 0.1) is 0 Å². The van der Waals surface area contributed by atoms with Crippen LogP contribution in [0, 0.1) is 0 Å². The van der Waals surface area contributed by atoms with E-state index in [0.717, 1.165) is 6.42 Å². The molecule has 20 heavy (non-hydrogen) atoms. The number of piperidine rings is 1. The van der Waals surface area contributed by atoms with Gasteiger partial charge >= 0.3 is 0 Å². The Kier molecular flexibility index (Phi) is 5.87. The average molecular weight is 340 g/mol. The molecule has 0 aromatic heterocycles. The molecule has 1 aliphatic heterocycles. The fourth-order valence-corrected chi connectivity index (χ4v) is 3.51. The van der Waals surface area contributed by atoms with Crippen LogP contribution in [-0.2, 0) is 6.42 Å². The zero-order chi connectivity index (χ0) is 14.5. The number of nitrogens with two attached hydrogens (primary N) is 1. The van der Waals surface area contributed by atoms with E-state index in [-0.39, 0.29) is 0 Å². The zero-order valence-electron chi connectivity index (χ0n) is 12.6. The first kappa shape index (κ1) is 15.8. The van der Waals surface area contributed by atoms with Crippen molar-refractivity contribution in [2.24, 2.45) is 5.73 Å². The van der Waals surface area contributed by atoms with Crippen molar-refractivity contribution in [3.05, 3.63) is 28.2 Å². The summed E-state index contributed by atoms with van der Waals surface area (Å²) in [6.07, 6.45) is 3.44. The molecule has 0 radical (unpaired) electrons. The molecule has 2 N–H and O–H groups in total. The molecule has 0 unspecified atom stereocenters. The first-order chi connectivity index (χ1) is 9.65. The van der Waals surface area contributed by atoms with Crippen LogP contribution < -0.4 is 10.6 Å². The van der Waals surface area contributed by atoms with E-state index in [1.165, 1.54) is 48.2 Å². The predicted octanol–water partition coefficient (Wildman–Crippen LogP) is 2.87. The summed E-state index contributed by atoms with van der Waals surface area (Å²) >= 11 is 3.67. The Morgan fingerprint density at radius 2 is 2.05 bits per heavy atom. The normalized spacial score (nSPS) is 17.4. The lowest BCUT2D eigenvalue weighted by Crippen LogP contribution is -2.43. The molecule has 4 heteroatoms. The van der Waals surface area contributed by atoms with Crippen molar-refractivity contribution in [3.8, 4) is 0 Å². The summed E-state index contributed by atoms with van der Waals surface area (Å²) in [5.74, 6) is 0. The Morgan fingerprint density at radius 1 is 1.35 bits per heavy atom. The summed E-state index contributed by atoms with van der Waals surface area (Å²) in [7, 11) is 2.22. The van der Waals surface area contributed by atoms with Gasteiger partial charge in [0.25, 0.3) is 0 Å². The molecular weight excluding hydrogens is 314 g/mol. The second-order valence-corrected chi connectivity index (χ2v) is 6.45. The van der Waals surface area contributed by atoms with Crippen LogP contribution in [0.2, 0.25) is 0 Å². The molecule has 0 atom stereocenters. The number of hydrogen-bond donors (Lipinski definition) is 1. The van der Waals surface area contributed by atoms with Crippen molar-refractivity contribution in [1.82, 2.24) is 4.90 Å². The van der Waals surface area contributed by atoms with Gasteiger partial charge in [-0.3, -0.25) is 0 Å². The first-order valence-corrected chi connectivity index (χ1v) is 8.38. The minimum atomic E-state index is 0.657. The SMILES string of the molecule is CCN1CCC(N(C)c2ccc(CCN)c(Br)c2)CC1. The maximum absolute atomic E-state index is 5.63. The molecule has 1 saturated heterocycles. The fourth-order valence-electron chi connectivity index (χ4n) is 2.95. The summed E-state index contributed by atoms with van der Waals surface area (Å²) in [5, 5.41) is 0. The van der Waals surface area contributed by atoms with Gasteiger partial charge in [-0.25, -0.2) is 0 Å². The number of rotatable bonds is 5. The lowest BCUT2D eigenvalue weighted by atomic mass is 10.0. The lowest BCUT2D eigenvalue weighted by molar-refractivity contribution is 0.221. The smallest absolute Gasteiger partial charge is 0.0377 e. The Morgan fingerprint density at radius 3 is 2.60 bits per heavy atom. The van der Waals surface area contributed by atoms with Gasteiger partial charge in [0.2, 0.25) is 0 Å². The van der Waals surface area contributed by atoms with Gasteiger partial charge in [-0.1, -0.05) is 28.9 Å². The number of hydrogen-bond acceptors (Lipinski definition) is 3. The molecule has 3 nitrogen and oxygen atoms in total. The maximum Gasteiger partial charge on any atom is 0.0377 e. The maximum atomic E-state index is 5.63. The van der Waals surface area contributed by atoms with Gasteiger partial charge in [0.1, 0.15) is 0 Å². The topological polar surface area (TPSA) is 32.5 Å². The Hall–Kier alpha value is -0.580. The van der Waals surface area contributed by atoms with Gasteiger partial charge in [-0.15, -0.1) is 0 Å². The molecule has 0 amide bonds. The van der Waals surface area contributed by atoms with E-state index in [1.807, 2.05) is 0 Å². The molecular formula is C16H26BrN3. The highest BCUT2D eigenvalue weighted by Crippen LogP contribution is 2.27. The summed E-state index contributed by atoms with van der Waals surface area (Å²) in [6.45, 7) is 6.56.